The molecule has 3 rings (SSSR count). The van der Waals surface area contributed by atoms with Crippen molar-refractivity contribution in [1.29, 1.82) is 0 Å². The summed E-state index contributed by atoms with van der Waals surface area (Å²) in [6.07, 6.45) is 1.39. The average molecular weight is 375 g/mol. The van der Waals surface area contributed by atoms with Crippen LogP contribution in [0.4, 0.5) is 26.1 Å². The first-order valence-electron chi connectivity index (χ1n) is 7.55. The van der Waals surface area contributed by atoms with Gasteiger partial charge in [0.25, 0.3) is 5.91 Å². The molecule has 0 aliphatic heterocycles. The summed E-state index contributed by atoms with van der Waals surface area (Å²) < 4.78 is 26.6. The van der Waals surface area contributed by atoms with Crippen LogP contribution in [-0.2, 0) is 0 Å². The van der Waals surface area contributed by atoms with Crippen molar-refractivity contribution in [3.05, 3.63) is 76.6 Å². The Kier molecular flexibility index (Phi) is 5.09. The predicted octanol–water partition coefficient (Wildman–Crippen LogP) is 4.71. The Hall–Kier alpha value is -3.06. The molecule has 0 saturated carbocycles. The summed E-state index contributed by atoms with van der Waals surface area (Å²) >= 11 is 5.97. The molecule has 1 amide bonds. The van der Waals surface area contributed by atoms with Crippen LogP contribution in [0, 0.1) is 18.6 Å². The number of rotatable bonds is 4. The van der Waals surface area contributed by atoms with Gasteiger partial charge in [0.2, 0.25) is 5.95 Å². The molecular formula is C18H13ClF2N4O. The first-order chi connectivity index (χ1) is 12.4. The number of halogens is 3. The Bertz CT molecular complexity index is 981. The minimum absolute atomic E-state index is 0.0194. The monoisotopic (exact) mass is 374 g/mol. The van der Waals surface area contributed by atoms with Gasteiger partial charge in [0, 0.05) is 23.0 Å². The number of anilines is 3. The fraction of sp³-hybridized carbons (Fsp3) is 0.0556. The third-order valence-electron chi connectivity index (χ3n) is 3.51. The number of aryl methyl sites for hydroxylation is 1. The van der Waals surface area contributed by atoms with Crippen molar-refractivity contribution in [1.82, 2.24) is 9.97 Å². The summed E-state index contributed by atoms with van der Waals surface area (Å²) in [4.78, 5) is 20.4. The highest BCUT2D eigenvalue weighted by atomic mass is 35.5. The van der Waals surface area contributed by atoms with Gasteiger partial charge < -0.3 is 10.6 Å². The first-order valence-corrected chi connectivity index (χ1v) is 7.93. The van der Waals surface area contributed by atoms with Crippen LogP contribution < -0.4 is 10.6 Å². The van der Waals surface area contributed by atoms with E-state index in [4.69, 9.17) is 11.6 Å². The van der Waals surface area contributed by atoms with Crippen molar-refractivity contribution < 1.29 is 13.6 Å². The molecule has 0 bridgehead atoms. The summed E-state index contributed by atoms with van der Waals surface area (Å²) in [5, 5.41) is 5.87. The molecule has 1 aromatic heterocycles. The maximum Gasteiger partial charge on any atom is 0.274 e. The van der Waals surface area contributed by atoms with E-state index in [0.29, 0.717) is 16.8 Å². The number of carbonyl (C=O) groups excluding carboxylic acids is 1. The van der Waals surface area contributed by atoms with Crippen molar-refractivity contribution >= 4 is 34.8 Å². The van der Waals surface area contributed by atoms with Crippen LogP contribution in [0.25, 0.3) is 0 Å². The Morgan fingerprint density at radius 3 is 2.65 bits per heavy atom. The number of amides is 1. The molecule has 2 aromatic carbocycles. The van der Waals surface area contributed by atoms with Gasteiger partial charge in [-0.2, -0.15) is 0 Å². The molecule has 0 spiro atoms. The Balaban J connectivity index is 1.80. The number of nitrogens with one attached hydrogen (secondary N) is 2. The van der Waals surface area contributed by atoms with Gasteiger partial charge in [-0.25, -0.2) is 18.7 Å². The van der Waals surface area contributed by atoms with E-state index in [2.05, 4.69) is 20.6 Å². The second kappa shape index (κ2) is 7.45. The number of nitrogens with zero attached hydrogens (tertiary/aromatic N) is 2. The Labute approximate surface area is 153 Å². The van der Waals surface area contributed by atoms with Crippen molar-refractivity contribution in [2.75, 3.05) is 10.6 Å². The molecule has 0 atom stereocenters. The van der Waals surface area contributed by atoms with Gasteiger partial charge in [0.15, 0.2) is 0 Å². The smallest absolute Gasteiger partial charge is 0.274 e. The third-order valence-corrected chi connectivity index (χ3v) is 3.75. The molecule has 0 saturated heterocycles. The lowest BCUT2D eigenvalue weighted by Gasteiger charge is -2.10. The molecule has 0 fully saturated rings. The molecular weight excluding hydrogens is 362 g/mol. The minimum atomic E-state index is -0.875. The van der Waals surface area contributed by atoms with Gasteiger partial charge in [-0.1, -0.05) is 17.7 Å². The first kappa shape index (κ1) is 17.8. The van der Waals surface area contributed by atoms with Gasteiger partial charge in [-0.3, -0.25) is 4.79 Å². The molecule has 26 heavy (non-hydrogen) atoms. The second-order valence-electron chi connectivity index (χ2n) is 5.43. The standard InChI is InChI=1S/C18H13ClF2N4O/c1-10-2-3-11(19)8-16(10)25-18-22-7-6-15(24-18)17(26)23-14-5-4-12(20)9-13(14)21/h2-9H,1H3,(H,23,26)(H,22,24,25). The zero-order chi connectivity index (χ0) is 18.7. The van der Waals surface area contributed by atoms with E-state index < -0.39 is 17.5 Å². The fourth-order valence-electron chi connectivity index (χ4n) is 2.17. The van der Waals surface area contributed by atoms with Gasteiger partial charge in [-0.05, 0) is 42.8 Å². The molecule has 132 valence electrons. The van der Waals surface area contributed by atoms with Crippen LogP contribution in [0.15, 0.2) is 48.7 Å². The Morgan fingerprint density at radius 2 is 1.88 bits per heavy atom. The Morgan fingerprint density at radius 1 is 1.08 bits per heavy atom. The number of hydrogen-bond donors (Lipinski definition) is 2. The van der Waals surface area contributed by atoms with Crippen LogP contribution >= 0.6 is 11.6 Å². The summed E-state index contributed by atoms with van der Waals surface area (Å²) in [6, 6.07) is 9.55. The lowest BCUT2D eigenvalue weighted by atomic mass is 10.2. The highest BCUT2D eigenvalue weighted by Gasteiger charge is 2.13. The molecule has 0 aliphatic rings. The van der Waals surface area contributed by atoms with Crippen LogP contribution in [0.2, 0.25) is 5.02 Å². The maximum absolute atomic E-state index is 13.7. The van der Waals surface area contributed by atoms with E-state index in [1.807, 2.05) is 13.0 Å². The molecule has 0 unspecified atom stereocenters. The van der Waals surface area contributed by atoms with Crippen molar-refractivity contribution in [2.45, 2.75) is 6.92 Å². The molecule has 8 heteroatoms. The van der Waals surface area contributed by atoms with E-state index in [0.717, 1.165) is 17.7 Å². The highest BCUT2D eigenvalue weighted by Crippen LogP contribution is 2.23. The van der Waals surface area contributed by atoms with Gasteiger partial charge in [-0.15, -0.1) is 0 Å². The fourth-order valence-corrected chi connectivity index (χ4v) is 2.34. The number of carbonyl (C=O) groups is 1. The van der Waals surface area contributed by atoms with Gasteiger partial charge >= 0.3 is 0 Å². The maximum atomic E-state index is 13.7. The lowest BCUT2D eigenvalue weighted by Crippen LogP contribution is -2.15. The predicted molar refractivity (Wildman–Crippen MR) is 95.8 cm³/mol. The molecule has 5 nitrogen and oxygen atoms in total. The van der Waals surface area contributed by atoms with E-state index >= 15 is 0 Å². The topological polar surface area (TPSA) is 66.9 Å². The van der Waals surface area contributed by atoms with Gasteiger partial charge in [0.05, 0.1) is 5.69 Å². The normalized spacial score (nSPS) is 10.5. The van der Waals surface area contributed by atoms with Crippen molar-refractivity contribution in [3.63, 3.8) is 0 Å². The highest BCUT2D eigenvalue weighted by molar-refractivity contribution is 6.30. The molecule has 1 heterocycles. The largest absolute Gasteiger partial charge is 0.324 e. The van der Waals surface area contributed by atoms with Crippen molar-refractivity contribution in [2.24, 2.45) is 0 Å². The van der Waals surface area contributed by atoms with Crippen LogP contribution in [0.5, 0.6) is 0 Å². The summed E-state index contributed by atoms with van der Waals surface area (Å²) in [7, 11) is 0. The summed E-state index contributed by atoms with van der Waals surface area (Å²) in [5.41, 5.74) is 1.49. The lowest BCUT2D eigenvalue weighted by molar-refractivity contribution is 0.102. The van der Waals surface area contributed by atoms with E-state index in [9.17, 15) is 13.6 Å². The third kappa shape index (κ3) is 4.12. The molecule has 3 aromatic rings. The molecule has 0 radical (unpaired) electrons. The quantitative estimate of drug-likeness (QED) is 0.694. The number of hydrogen-bond acceptors (Lipinski definition) is 4. The van der Waals surface area contributed by atoms with E-state index in [1.165, 1.54) is 12.3 Å². The molecule has 2 N–H and O–H groups in total. The van der Waals surface area contributed by atoms with E-state index in [-0.39, 0.29) is 17.3 Å². The average Bonchev–Trinajstić information content (AvgIpc) is 2.61. The summed E-state index contributed by atoms with van der Waals surface area (Å²) in [5.74, 6) is -2.07. The van der Waals surface area contributed by atoms with Crippen LogP contribution in [0.3, 0.4) is 0 Å². The van der Waals surface area contributed by atoms with Crippen LogP contribution in [-0.4, -0.2) is 15.9 Å². The number of aromatic nitrogens is 2. The zero-order valence-corrected chi connectivity index (χ0v) is 14.3. The van der Waals surface area contributed by atoms with Crippen LogP contribution in [0.1, 0.15) is 16.1 Å². The molecule has 0 aliphatic carbocycles. The zero-order valence-electron chi connectivity index (χ0n) is 13.6. The minimum Gasteiger partial charge on any atom is -0.324 e. The summed E-state index contributed by atoms with van der Waals surface area (Å²) in [6.45, 7) is 1.88. The van der Waals surface area contributed by atoms with Crippen molar-refractivity contribution in [3.8, 4) is 0 Å². The second-order valence-corrected chi connectivity index (χ2v) is 5.86. The number of benzene rings is 2. The van der Waals surface area contributed by atoms with Gasteiger partial charge in [0.1, 0.15) is 17.3 Å². The SMILES string of the molecule is Cc1ccc(Cl)cc1Nc1nccc(C(=O)Nc2ccc(F)cc2F)n1. The van der Waals surface area contributed by atoms with E-state index in [1.54, 1.807) is 12.1 Å².